The molecule has 0 bridgehead atoms. The summed E-state index contributed by atoms with van der Waals surface area (Å²) in [6.07, 6.45) is 4.94. The zero-order valence-corrected chi connectivity index (χ0v) is 17.7. The van der Waals surface area contributed by atoms with Gasteiger partial charge >= 0.3 is 0 Å². The Bertz CT molecular complexity index is 1020. The van der Waals surface area contributed by atoms with Crippen LogP contribution in [-0.2, 0) is 23.7 Å². The summed E-state index contributed by atoms with van der Waals surface area (Å²) in [5.74, 6) is 1.39. The number of aromatic hydroxyl groups is 1. The molecule has 148 valence electrons. The van der Waals surface area contributed by atoms with E-state index in [2.05, 4.69) is 64.1 Å². The number of aryl methyl sites for hydroxylation is 1. The van der Waals surface area contributed by atoms with E-state index in [1.807, 2.05) is 10.6 Å². The predicted octanol–water partition coefficient (Wildman–Crippen LogP) is 5.26. The van der Waals surface area contributed by atoms with Gasteiger partial charge in [0.1, 0.15) is 11.6 Å². The molecular formula is C23H30N4O. The average Bonchev–Trinajstić information content (AvgIpc) is 3.22. The number of hydrogen-bond donors (Lipinski definition) is 2. The SMILES string of the molecule is CC(C)(C)c1cc(Nc2c3c(nc4ccnn24)CCC3)cc(C(C)(C)C)c1O. The fourth-order valence-corrected chi connectivity index (χ4v) is 4.04. The van der Waals surface area contributed by atoms with Crippen LogP contribution < -0.4 is 5.32 Å². The summed E-state index contributed by atoms with van der Waals surface area (Å²) in [5, 5.41) is 19.1. The third-order valence-electron chi connectivity index (χ3n) is 5.55. The largest absolute Gasteiger partial charge is 0.507 e. The molecule has 5 nitrogen and oxygen atoms in total. The number of rotatable bonds is 2. The predicted molar refractivity (Wildman–Crippen MR) is 114 cm³/mol. The Morgan fingerprint density at radius 2 is 1.64 bits per heavy atom. The zero-order chi connectivity index (χ0) is 20.3. The summed E-state index contributed by atoms with van der Waals surface area (Å²) in [7, 11) is 0. The molecule has 1 aromatic carbocycles. The highest BCUT2D eigenvalue weighted by Crippen LogP contribution is 2.42. The van der Waals surface area contributed by atoms with Gasteiger partial charge in [0.25, 0.3) is 0 Å². The second-order valence-corrected chi connectivity index (χ2v) is 9.89. The Kier molecular flexibility index (Phi) is 4.18. The Morgan fingerprint density at radius 3 is 2.25 bits per heavy atom. The lowest BCUT2D eigenvalue weighted by molar-refractivity contribution is 0.423. The normalized spacial score (nSPS) is 14.5. The number of anilines is 2. The van der Waals surface area contributed by atoms with Crippen LogP contribution in [0.1, 0.15) is 70.3 Å². The lowest BCUT2D eigenvalue weighted by Crippen LogP contribution is -2.18. The topological polar surface area (TPSA) is 62.5 Å². The van der Waals surface area contributed by atoms with E-state index in [1.54, 1.807) is 6.20 Å². The van der Waals surface area contributed by atoms with Crippen molar-refractivity contribution in [3.8, 4) is 5.75 Å². The number of nitrogens with zero attached hydrogens (tertiary/aromatic N) is 3. The summed E-state index contributed by atoms with van der Waals surface area (Å²) in [6, 6.07) is 6.09. The fourth-order valence-electron chi connectivity index (χ4n) is 4.04. The van der Waals surface area contributed by atoms with E-state index < -0.39 is 0 Å². The molecular weight excluding hydrogens is 348 g/mol. The summed E-state index contributed by atoms with van der Waals surface area (Å²) in [6.45, 7) is 12.8. The first kappa shape index (κ1) is 18.8. The summed E-state index contributed by atoms with van der Waals surface area (Å²) in [5.41, 5.74) is 5.83. The van der Waals surface area contributed by atoms with Crippen LogP contribution in [0.25, 0.3) is 5.65 Å². The van der Waals surface area contributed by atoms with E-state index in [0.29, 0.717) is 5.75 Å². The molecule has 3 aromatic rings. The molecule has 0 aliphatic heterocycles. The highest BCUT2D eigenvalue weighted by atomic mass is 16.3. The summed E-state index contributed by atoms with van der Waals surface area (Å²) >= 11 is 0. The van der Waals surface area contributed by atoms with Gasteiger partial charge in [0.05, 0.1) is 6.20 Å². The highest BCUT2D eigenvalue weighted by Gasteiger charge is 2.27. The molecule has 28 heavy (non-hydrogen) atoms. The van der Waals surface area contributed by atoms with Gasteiger partial charge in [-0.15, -0.1) is 0 Å². The van der Waals surface area contributed by atoms with E-state index in [1.165, 1.54) is 11.3 Å². The van der Waals surface area contributed by atoms with Crippen molar-refractivity contribution in [3.63, 3.8) is 0 Å². The highest BCUT2D eigenvalue weighted by molar-refractivity contribution is 5.68. The van der Waals surface area contributed by atoms with Gasteiger partial charge in [-0.3, -0.25) is 0 Å². The molecule has 1 aliphatic rings. The van der Waals surface area contributed by atoms with Crippen LogP contribution in [0.3, 0.4) is 0 Å². The monoisotopic (exact) mass is 378 g/mol. The molecule has 0 saturated heterocycles. The van der Waals surface area contributed by atoms with Gasteiger partial charge in [0.15, 0.2) is 5.65 Å². The van der Waals surface area contributed by atoms with Crippen LogP contribution in [0, 0.1) is 0 Å². The number of fused-ring (bicyclic) bond motifs is 2. The smallest absolute Gasteiger partial charge is 0.157 e. The first-order chi connectivity index (χ1) is 13.1. The van der Waals surface area contributed by atoms with Crippen LogP contribution in [-0.4, -0.2) is 19.7 Å². The number of hydrogen-bond acceptors (Lipinski definition) is 4. The van der Waals surface area contributed by atoms with Crippen molar-refractivity contribution in [2.75, 3.05) is 5.32 Å². The third kappa shape index (κ3) is 3.13. The Hall–Kier alpha value is -2.56. The van der Waals surface area contributed by atoms with Crippen LogP contribution in [0.2, 0.25) is 0 Å². The molecule has 1 aliphatic carbocycles. The van der Waals surface area contributed by atoms with E-state index >= 15 is 0 Å². The zero-order valence-electron chi connectivity index (χ0n) is 17.7. The molecule has 0 amide bonds. The molecule has 4 rings (SSSR count). The Morgan fingerprint density at radius 1 is 1.00 bits per heavy atom. The van der Waals surface area contributed by atoms with Gasteiger partial charge in [-0.1, -0.05) is 41.5 Å². The molecule has 0 saturated carbocycles. The third-order valence-corrected chi connectivity index (χ3v) is 5.55. The lowest BCUT2D eigenvalue weighted by atomic mass is 9.79. The Balaban J connectivity index is 1.90. The molecule has 0 fully saturated rings. The van der Waals surface area contributed by atoms with Gasteiger partial charge in [0, 0.05) is 34.1 Å². The first-order valence-electron chi connectivity index (χ1n) is 10.1. The number of benzene rings is 1. The van der Waals surface area contributed by atoms with Gasteiger partial charge in [-0.05, 0) is 42.2 Å². The van der Waals surface area contributed by atoms with Crippen molar-refractivity contribution >= 4 is 17.2 Å². The minimum Gasteiger partial charge on any atom is -0.507 e. The van der Waals surface area contributed by atoms with Crippen molar-refractivity contribution in [2.45, 2.75) is 71.6 Å². The second-order valence-electron chi connectivity index (χ2n) is 9.89. The molecule has 2 heterocycles. The van der Waals surface area contributed by atoms with Crippen molar-refractivity contribution in [3.05, 3.63) is 46.8 Å². The molecule has 0 unspecified atom stereocenters. The van der Waals surface area contributed by atoms with Crippen LogP contribution in [0.15, 0.2) is 24.4 Å². The maximum absolute atomic E-state index is 11.0. The lowest BCUT2D eigenvalue weighted by Gasteiger charge is -2.28. The molecule has 0 spiro atoms. The number of aromatic nitrogens is 3. The first-order valence-corrected chi connectivity index (χ1v) is 10.1. The van der Waals surface area contributed by atoms with E-state index in [9.17, 15) is 5.11 Å². The van der Waals surface area contributed by atoms with Crippen molar-refractivity contribution in [1.29, 1.82) is 0 Å². The molecule has 0 atom stereocenters. The van der Waals surface area contributed by atoms with E-state index in [4.69, 9.17) is 4.98 Å². The molecule has 0 radical (unpaired) electrons. The van der Waals surface area contributed by atoms with E-state index in [-0.39, 0.29) is 10.8 Å². The maximum atomic E-state index is 11.0. The second kappa shape index (κ2) is 6.23. The van der Waals surface area contributed by atoms with Crippen LogP contribution >= 0.6 is 0 Å². The molecule has 2 aromatic heterocycles. The molecule has 2 N–H and O–H groups in total. The van der Waals surface area contributed by atoms with Crippen molar-refractivity contribution in [2.24, 2.45) is 0 Å². The standard InChI is InChI=1S/C23H30N4O/c1-22(2,3)16-12-14(13-17(20(16)28)23(4,5)6)25-21-15-8-7-9-18(15)26-19-10-11-24-27(19)21/h10-13,25,28H,7-9H2,1-6H3. The number of nitrogens with one attached hydrogen (secondary N) is 1. The van der Waals surface area contributed by atoms with Crippen LogP contribution in [0.5, 0.6) is 5.75 Å². The van der Waals surface area contributed by atoms with Gasteiger partial charge in [-0.25, -0.2) is 4.98 Å². The summed E-state index contributed by atoms with van der Waals surface area (Å²) < 4.78 is 1.89. The quantitative estimate of drug-likeness (QED) is 0.597. The molecule has 5 heteroatoms. The number of phenols is 1. The maximum Gasteiger partial charge on any atom is 0.157 e. The van der Waals surface area contributed by atoms with Gasteiger partial charge in [0.2, 0.25) is 0 Å². The average molecular weight is 379 g/mol. The van der Waals surface area contributed by atoms with Gasteiger partial charge < -0.3 is 10.4 Å². The minimum atomic E-state index is -0.164. The van der Waals surface area contributed by atoms with Crippen LogP contribution in [0.4, 0.5) is 11.5 Å². The minimum absolute atomic E-state index is 0.164. The summed E-state index contributed by atoms with van der Waals surface area (Å²) in [4.78, 5) is 4.77. The Labute approximate surface area is 166 Å². The van der Waals surface area contributed by atoms with Crippen molar-refractivity contribution in [1.82, 2.24) is 14.6 Å². The fraction of sp³-hybridized carbons (Fsp3) is 0.478. The number of phenolic OH excluding ortho intramolecular Hbond substituents is 1. The van der Waals surface area contributed by atoms with Crippen molar-refractivity contribution < 1.29 is 5.11 Å². The van der Waals surface area contributed by atoms with Gasteiger partial charge in [-0.2, -0.15) is 9.61 Å². The van der Waals surface area contributed by atoms with E-state index in [0.717, 1.165) is 47.5 Å².